The molecule has 0 bridgehead atoms. The fourth-order valence-electron chi connectivity index (χ4n) is 3.16. The van der Waals surface area contributed by atoms with Gasteiger partial charge in [0.15, 0.2) is 0 Å². The highest BCUT2D eigenvalue weighted by atomic mass is 19.4. The molecule has 0 unspecified atom stereocenters. The van der Waals surface area contributed by atoms with Crippen LogP contribution < -0.4 is 16.2 Å². The maximum atomic E-state index is 12.9. The third-order valence-corrected chi connectivity index (χ3v) is 4.39. The second kappa shape index (κ2) is 8.63. The number of carbonyl (C=O) groups excluding carboxylic acids is 1. The number of amides is 1. The Morgan fingerprint density at radius 1 is 1.00 bits per heavy atom. The standard InChI is InChI=1S/C22H21F3N4O2/c1-13-7-14(2)9-18(8-13)28-21-26-15(3)10-20(31)29(21)12-19(30)27-17-6-4-5-16(11-17)22(23,24)25/h4-11H,12H2,1-3H3,(H,26,28)(H,27,30). The maximum absolute atomic E-state index is 12.9. The highest BCUT2D eigenvalue weighted by Crippen LogP contribution is 2.30. The fraction of sp³-hybridized carbons (Fsp3) is 0.227. The monoisotopic (exact) mass is 430 g/mol. The first-order valence-corrected chi connectivity index (χ1v) is 9.42. The molecule has 1 aromatic heterocycles. The molecule has 0 radical (unpaired) electrons. The lowest BCUT2D eigenvalue weighted by atomic mass is 10.1. The van der Waals surface area contributed by atoms with Gasteiger partial charge in [-0.25, -0.2) is 4.98 Å². The molecule has 31 heavy (non-hydrogen) atoms. The van der Waals surface area contributed by atoms with Crippen LogP contribution in [-0.4, -0.2) is 15.5 Å². The van der Waals surface area contributed by atoms with Gasteiger partial charge < -0.3 is 10.6 Å². The van der Waals surface area contributed by atoms with Gasteiger partial charge in [0.1, 0.15) is 6.54 Å². The van der Waals surface area contributed by atoms with Gasteiger partial charge in [-0.1, -0.05) is 12.1 Å². The molecule has 0 spiro atoms. The summed E-state index contributed by atoms with van der Waals surface area (Å²) in [5.41, 5.74) is 1.82. The molecule has 1 heterocycles. The van der Waals surface area contributed by atoms with Gasteiger partial charge in [0.25, 0.3) is 5.56 Å². The Hall–Kier alpha value is -3.62. The molecule has 2 aromatic carbocycles. The van der Waals surface area contributed by atoms with Gasteiger partial charge >= 0.3 is 6.18 Å². The maximum Gasteiger partial charge on any atom is 0.416 e. The molecule has 162 valence electrons. The molecule has 9 heteroatoms. The van der Waals surface area contributed by atoms with E-state index in [1.165, 1.54) is 18.2 Å². The van der Waals surface area contributed by atoms with Crippen molar-refractivity contribution in [2.45, 2.75) is 33.5 Å². The summed E-state index contributed by atoms with van der Waals surface area (Å²) in [7, 11) is 0. The van der Waals surface area contributed by atoms with E-state index in [1.54, 1.807) is 6.92 Å². The van der Waals surface area contributed by atoms with Crippen molar-refractivity contribution in [2.24, 2.45) is 0 Å². The summed E-state index contributed by atoms with van der Waals surface area (Å²) in [6, 6.07) is 11.3. The van der Waals surface area contributed by atoms with Crippen LogP contribution in [0.4, 0.5) is 30.5 Å². The first kappa shape index (κ1) is 22.1. The Kier molecular flexibility index (Phi) is 6.14. The van der Waals surface area contributed by atoms with E-state index in [0.29, 0.717) is 11.4 Å². The van der Waals surface area contributed by atoms with Crippen molar-refractivity contribution in [1.82, 2.24) is 9.55 Å². The van der Waals surface area contributed by atoms with Gasteiger partial charge in [-0.2, -0.15) is 13.2 Å². The molecule has 0 saturated carbocycles. The number of anilines is 3. The van der Waals surface area contributed by atoms with Gasteiger partial charge in [-0.15, -0.1) is 0 Å². The summed E-state index contributed by atoms with van der Waals surface area (Å²) in [5.74, 6) is -0.496. The fourth-order valence-corrected chi connectivity index (χ4v) is 3.16. The van der Waals surface area contributed by atoms with Crippen LogP contribution in [0.2, 0.25) is 0 Å². The van der Waals surface area contributed by atoms with Gasteiger partial charge in [-0.3, -0.25) is 14.2 Å². The number of aryl methyl sites for hydroxylation is 3. The van der Waals surface area contributed by atoms with Crippen molar-refractivity contribution < 1.29 is 18.0 Å². The number of halogens is 3. The summed E-state index contributed by atoms with van der Waals surface area (Å²) in [4.78, 5) is 29.3. The van der Waals surface area contributed by atoms with Gasteiger partial charge in [0, 0.05) is 23.1 Å². The normalized spacial score (nSPS) is 11.3. The van der Waals surface area contributed by atoms with Crippen molar-refractivity contribution in [3.8, 4) is 0 Å². The molecule has 0 fully saturated rings. The molecule has 3 aromatic rings. The van der Waals surface area contributed by atoms with Crippen LogP contribution in [0, 0.1) is 20.8 Å². The lowest BCUT2D eigenvalue weighted by molar-refractivity contribution is -0.137. The zero-order valence-corrected chi connectivity index (χ0v) is 17.2. The van der Waals surface area contributed by atoms with E-state index in [9.17, 15) is 22.8 Å². The Morgan fingerprint density at radius 2 is 1.68 bits per heavy atom. The first-order chi connectivity index (χ1) is 14.5. The van der Waals surface area contributed by atoms with Gasteiger partial charge in [-0.05, 0) is 62.2 Å². The summed E-state index contributed by atoms with van der Waals surface area (Å²) >= 11 is 0. The Balaban J connectivity index is 1.86. The summed E-state index contributed by atoms with van der Waals surface area (Å²) in [5, 5.41) is 5.46. The molecule has 3 rings (SSSR count). The van der Waals surface area contributed by atoms with E-state index in [0.717, 1.165) is 27.8 Å². The third-order valence-electron chi connectivity index (χ3n) is 4.39. The van der Waals surface area contributed by atoms with E-state index in [4.69, 9.17) is 0 Å². The van der Waals surface area contributed by atoms with Crippen LogP contribution >= 0.6 is 0 Å². The molecule has 6 nitrogen and oxygen atoms in total. The smallest absolute Gasteiger partial charge is 0.325 e. The minimum atomic E-state index is -4.53. The Morgan fingerprint density at radius 3 is 2.32 bits per heavy atom. The molecule has 2 N–H and O–H groups in total. The predicted octanol–water partition coefficient (Wildman–Crippen LogP) is 4.57. The first-order valence-electron chi connectivity index (χ1n) is 9.42. The number of benzene rings is 2. The van der Waals surface area contributed by atoms with Crippen molar-refractivity contribution in [3.63, 3.8) is 0 Å². The van der Waals surface area contributed by atoms with Crippen LogP contribution in [0.1, 0.15) is 22.4 Å². The lowest BCUT2D eigenvalue weighted by Gasteiger charge is -2.15. The predicted molar refractivity (Wildman–Crippen MR) is 113 cm³/mol. The third kappa shape index (κ3) is 5.71. The lowest BCUT2D eigenvalue weighted by Crippen LogP contribution is -2.30. The molecular formula is C22H21F3N4O2. The minimum Gasteiger partial charge on any atom is -0.325 e. The Labute approximate surface area is 176 Å². The van der Waals surface area contributed by atoms with Crippen molar-refractivity contribution in [3.05, 3.63) is 81.3 Å². The van der Waals surface area contributed by atoms with Crippen LogP contribution in [0.3, 0.4) is 0 Å². The zero-order chi connectivity index (χ0) is 22.8. The van der Waals surface area contributed by atoms with Crippen molar-refractivity contribution in [2.75, 3.05) is 10.6 Å². The van der Waals surface area contributed by atoms with E-state index < -0.39 is 29.8 Å². The quantitative estimate of drug-likeness (QED) is 0.622. The van der Waals surface area contributed by atoms with Crippen LogP contribution in [-0.2, 0) is 17.5 Å². The minimum absolute atomic E-state index is 0.0169. The molecule has 0 aliphatic rings. The number of aromatic nitrogens is 2. The van der Waals surface area contributed by atoms with Crippen LogP contribution in [0.25, 0.3) is 0 Å². The average Bonchev–Trinajstić information content (AvgIpc) is 2.63. The van der Waals surface area contributed by atoms with Crippen LogP contribution in [0.15, 0.2) is 53.3 Å². The highest BCUT2D eigenvalue weighted by molar-refractivity contribution is 5.90. The Bertz CT molecular complexity index is 1170. The second-order valence-electron chi connectivity index (χ2n) is 7.27. The molecule has 0 aliphatic carbocycles. The van der Waals surface area contributed by atoms with Gasteiger partial charge in [0.05, 0.1) is 5.56 Å². The number of carbonyl (C=O) groups is 1. The molecule has 0 atom stereocenters. The molecule has 0 aliphatic heterocycles. The average molecular weight is 430 g/mol. The number of nitrogens with zero attached hydrogens (tertiary/aromatic N) is 2. The highest BCUT2D eigenvalue weighted by Gasteiger charge is 2.30. The molecule has 0 saturated heterocycles. The van der Waals surface area contributed by atoms with E-state index >= 15 is 0 Å². The van der Waals surface area contributed by atoms with E-state index in [1.807, 2.05) is 32.0 Å². The second-order valence-corrected chi connectivity index (χ2v) is 7.27. The summed E-state index contributed by atoms with van der Waals surface area (Å²) in [6.07, 6.45) is -4.53. The summed E-state index contributed by atoms with van der Waals surface area (Å²) in [6.45, 7) is 5.09. The number of nitrogens with one attached hydrogen (secondary N) is 2. The van der Waals surface area contributed by atoms with E-state index in [-0.39, 0.29) is 11.6 Å². The largest absolute Gasteiger partial charge is 0.416 e. The summed E-state index contributed by atoms with van der Waals surface area (Å²) < 4.78 is 39.8. The number of hydrogen-bond donors (Lipinski definition) is 2. The van der Waals surface area contributed by atoms with Gasteiger partial charge in [0.2, 0.25) is 11.9 Å². The number of alkyl halides is 3. The topological polar surface area (TPSA) is 76.0 Å². The SMILES string of the molecule is Cc1cc(C)cc(Nc2nc(C)cc(=O)n2CC(=O)Nc2cccc(C(F)(F)F)c2)c1. The van der Waals surface area contributed by atoms with E-state index in [2.05, 4.69) is 15.6 Å². The van der Waals surface area contributed by atoms with Crippen molar-refractivity contribution >= 4 is 23.2 Å². The molecule has 1 amide bonds. The van der Waals surface area contributed by atoms with Crippen molar-refractivity contribution in [1.29, 1.82) is 0 Å². The number of hydrogen-bond acceptors (Lipinski definition) is 4. The van der Waals surface area contributed by atoms with Crippen LogP contribution in [0.5, 0.6) is 0 Å². The molecular weight excluding hydrogens is 409 g/mol. The number of rotatable bonds is 5. The zero-order valence-electron chi connectivity index (χ0n) is 17.2.